The third-order valence-electron chi connectivity index (χ3n) is 2.69. The smallest absolute Gasteiger partial charge is 0.360 e. The number of nitrogens with one attached hydrogen (secondary N) is 1. The first-order chi connectivity index (χ1) is 10.8. The molecule has 0 saturated carbocycles. The van der Waals surface area contributed by atoms with E-state index in [1.807, 2.05) is 0 Å². The van der Waals surface area contributed by atoms with Gasteiger partial charge in [0.25, 0.3) is 0 Å². The van der Waals surface area contributed by atoms with Gasteiger partial charge in [-0.25, -0.2) is 23.2 Å². The van der Waals surface area contributed by atoms with Crippen molar-refractivity contribution < 1.29 is 17.9 Å². The minimum Gasteiger partial charge on any atom is -0.464 e. The van der Waals surface area contributed by atoms with Crippen LogP contribution in [-0.2, 0) is 20.5 Å². The molecule has 0 saturated heterocycles. The molecule has 23 heavy (non-hydrogen) atoms. The number of halogens is 2. The van der Waals surface area contributed by atoms with Crippen LogP contribution >= 0.6 is 34.2 Å². The van der Waals surface area contributed by atoms with Crippen LogP contribution in [0.3, 0.4) is 0 Å². The summed E-state index contributed by atoms with van der Waals surface area (Å²) in [4.78, 5) is 19.2. The van der Waals surface area contributed by atoms with Gasteiger partial charge < -0.3 is 4.74 Å². The Morgan fingerprint density at radius 2 is 2.04 bits per heavy atom. The van der Waals surface area contributed by atoms with E-state index in [2.05, 4.69) is 42.0 Å². The van der Waals surface area contributed by atoms with E-state index in [-0.39, 0.29) is 17.3 Å². The number of anilines is 1. The summed E-state index contributed by atoms with van der Waals surface area (Å²) in [6.45, 7) is 0. The second-order valence-corrected chi connectivity index (χ2v) is 7.72. The van der Waals surface area contributed by atoms with Crippen LogP contribution in [0.25, 0.3) is 0 Å². The molecule has 0 amide bonds. The topological polar surface area (TPSA) is 98.2 Å². The second kappa shape index (κ2) is 7.41. The number of ether oxygens (including phenoxy) is 1. The molecule has 0 fully saturated rings. The van der Waals surface area contributed by atoms with E-state index in [0.29, 0.717) is 10.6 Å². The average Bonchev–Trinajstić information content (AvgIpc) is 2.49. The number of hydrogen-bond acceptors (Lipinski definition) is 6. The Morgan fingerprint density at radius 3 is 2.70 bits per heavy atom. The van der Waals surface area contributed by atoms with Crippen molar-refractivity contribution in [2.75, 3.05) is 11.8 Å². The normalized spacial score (nSPS) is 11.1. The molecular formula is C13H11ClIN3O4S. The summed E-state index contributed by atoms with van der Waals surface area (Å²) >= 11 is 8.12. The summed E-state index contributed by atoms with van der Waals surface area (Å²) in [6, 6.07) is 5.04. The van der Waals surface area contributed by atoms with Gasteiger partial charge in [0.15, 0.2) is 11.5 Å². The van der Waals surface area contributed by atoms with Crippen LogP contribution < -0.4 is 4.72 Å². The molecule has 122 valence electrons. The first-order valence-corrected chi connectivity index (χ1v) is 9.27. The lowest BCUT2D eigenvalue weighted by Crippen LogP contribution is -2.19. The first-order valence-electron chi connectivity index (χ1n) is 6.16. The molecule has 0 aliphatic heterocycles. The lowest BCUT2D eigenvalue weighted by Gasteiger charge is -2.10. The quantitative estimate of drug-likeness (QED) is 0.536. The van der Waals surface area contributed by atoms with Gasteiger partial charge in [-0.2, -0.15) is 0 Å². The van der Waals surface area contributed by atoms with Crippen molar-refractivity contribution in [2.24, 2.45) is 0 Å². The standard InChI is InChI=1S/C13H11ClIN3O4S/c1-22-13(19)11-12(17-5-4-16-11)18-23(20,21)7-8-2-3-9(15)6-10(8)14/h2-6H,7H2,1H3,(H,17,18). The molecule has 0 atom stereocenters. The molecule has 0 aliphatic rings. The van der Waals surface area contributed by atoms with E-state index in [4.69, 9.17) is 11.6 Å². The zero-order valence-electron chi connectivity index (χ0n) is 11.8. The molecule has 2 aromatic rings. The summed E-state index contributed by atoms with van der Waals surface area (Å²) in [5.74, 6) is -1.34. The lowest BCUT2D eigenvalue weighted by atomic mass is 10.2. The Hall–Kier alpha value is -1.46. The molecule has 0 aliphatic carbocycles. The van der Waals surface area contributed by atoms with E-state index < -0.39 is 16.0 Å². The molecule has 2 rings (SSSR count). The number of carbonyl (C=O) groups is 1. The third-order valence-corrected chi connectivity index (χ3v) is 4.91. The van der Waals surface area contributed by atoms with Gasteiger partial charge in [-0.1, -0.05) is 17.7 Å². The largest absolute Gasteiger partial charge is 0.464 e. The SMILES string of the molecule is COC(=O)c1nccnc1NS(=O)(=O)Cc1ccc(I)cc1Cl. The monoisotopic (exact) mass is 467 g/mol. The number of nitrogens with zero attached hydrogens (tertiary/aromatic N) is 2. The van der Waals surface area contributed by atoms with Crippen molar-refractivity contribution in [3.63, 3.8) is 0 Å². The van der Waals surface area contributed by atoms with Crippen molar-refractivity contribution in [2.45, 2.75) is 5.75 Å². The number of sulfonamides is 1. The molecule has 10 heteroatoms. The number of aromatic nitrogens is 2. The predicted molar refractivity (Wildman–Crippen MR) is 93.8 cm³/mol. The number of hydrogen-bond donors (Lipinski definition) is 1. The minimum atomic E-state index is -3.83. The molecule has 0 radical (unpaired) electrons. The van der Waals surface area contributed by atoms with E-state index in [0.717, 1.165) is 3.57 Å². The lowest BCUT2D eigenvalue weighted by molar-refractivity contribution is 0.0595. The summed E-state index contributed by atoms with van der Waals surface area (Å²) in [6.07, 6.45) is 2.53. The zero-order valence-corrected chi connectivity index (χ0v) is 15.5. The zero-order chi connectivity index (χ0) is 17.0. The maximum atomic E-state index is 12.3. The number of benzene rings is 1. The summed E-state index contributed by atoms with van der Waals surface area (Å²) in [5.41, 5.74) is 0.218. The first kappa shape index (κ1) is 17.9. The molecule has 0 unspecified atom stereocenters. The van der Waals surface area contributed by atoms with Gasteiger partial charge in [-0.3, -0.25) is 4.72 Å². The van der Waals surface area contributed by atoms with Gasteiger partial charge in [0.1, 0.15) is 0 Å². The predicted octanol–water partition coefficient (Wildman–Crippen LogP) is 2.46. The molecule has 1 aromatic carbocycles. The van der Waals surface area contributed by atoms with Crippen molar-refractivity contribution in [1.29, 1.82) is 0 Å². The Bertz CT molecular complexity index is 845. The minimum absolute atomic E-state index is 0.194. The van der Waals surface area contributed by atoms with Crippen molar-refractivity contribution in [3.05, 3.63) is 50.4 Å². The molecule has 1 heterocycles. The Balaban J connectivity index is 2.27. The molecule has 7 nitrogen and oxygen atoms in total. The highest BCUT2D eigenvalue weighted by molar-refractivity contribution is 14.1. The number of methoxy groups -OCH3 is 1. The average molecular weight is 468 g/mol. The van der Waals surface area contributed by atoms with Crippen molar-refractivity contribution >= 4 is 56.0 Å². The maximum absolute atomic E-state index is 12.3. The maximum Gasteiger partial charge on any atom is 0.360 e. The van der Waals surface area contributed by atoms with E-state index in [9.17, 15) is 13.2 Å². The number of carbonyl (C=O) groups excluding carboxylic acids is 1. The van der Waals surface area contributed by atoms with E-state index in [1.165, 1.54) is 19.5 Å². The van der Waals surface area contributed by atoms with Gasteiger partial charge in [-0.15, -0.1) is 0 Å². The van der Waals surface area contributed by atoms with E-state index >= 15 is 0 Å². The fraction of sp³-hybridized carbons (Fsp3) is 0.154. The molecular weight excluding hydrogens is 457 g/mol. The van der Waals surface area contributed by atoms with Crippen molar-refractivity contribution in [3.8, 4) is 0 Å². The van der Waals surface area contributed by atoms with Gasteiger partial charge >= 0.3 is 5.97 Å². The van der Waals surface area contributed by atoms with Crippen LogP contribution in [0.15, 0.2) is 30.6 Å². The Kier molecular flexibility index (Phi) is 5.76. The van der Waals surface area contributed by atoms with Gasteiger partial charge in [0.05, 0.1) is 12.9 Å². The Morgan fingerprint density at radius 1 is 1.35 bits per heavy atom. The molecule has 1 N–H and O–H groups in total. The molecule has 0 bridgehead atoms. The molecule has 0 spiro atoms. The summed E-state index contributed by atoms with van der Waals surface area (Å²) in [5, 5.41) is 0.342. The van der Waals surface area contributed by atoms with Crippen LogP contribution in [0, 0.1) is 3.57 Å². The van der Waals surface area contributed by atoms with Crippen LogP contribution in [0.1, 0.15) is 16.1 Å². The molecule has 1 aromatic heterocycles. The van der Waals surface area contributed by atoms with Crippen molar-refractivity contribution in [1.82, 2.24) is 9.97 Å². The Labute approximate surface area is 151 Å². The number of esters is 1. The van der Waals surface area contributed by atoms with E-state index in [1.54, 1.807) is 18.2 Å². The third kappa shape index (κ3) is 4.75. The van der Waals surface area contributed by atoms with Crippen LogP contribution in [0.4, 0.5) is 5.82 Å². The van der Waals surface area contributed by atoms with Crippen LogP contribution in [-0.4, -0.2) is 31.5 Å². The van der Waals surface area contributed by atoms with Crippen LogP contribution in [0.2, 0.25) is 5.02 Å². The highest BCUT2D eigenvalue weighted by Crippen LogP contribution is 2.22. The number of rotatable bonds is 5. The fourth-order valence-corrected chi connectivity index (χ4v) is 3.86. The van der Waals surface area contributed by atoms with Gasteiger partial charge in [-0.05, 0) is 40.3 Å². The highest BCUT2D eigenvalue weighted by atomic mass is 127. The van der Waals surface area contributed by atoms with Gasteiger partial charge in [0, 0.05) is 21.0 Å². The van der Waals surface area contributed by atoms with Crippen LogP contribution in [0.5, 0.6) is 0 Å². The summed E-state index contributed by atoms with van der Waals surface area (Å²) in [7, 11) is -2.67. The van der Waals surface area contributed by atoms with Gasteiger partial charge in [0.2, 0.25) is 10.0 Å². The second-order valence-electron chi connectivity index (χ2n) is 4.34. The highest BCUT2D eigenvalue weighted by Gasteiger charge is 2.21. The fourth-order valence-electron chi connectivity index (χ4n) is 1.69. The summed E-state index contributed by atoms with van der Waals surface area (Å²) < 4.78 is 32.2.